The number of aromatic nitrogens is 6. The summed E-state index contributed by atoms with van der Waals surface area (Å²) in [4.78, 5) is 22.7. The molecule has 0 atom stereocenters. The van der Waals surface area contributed by atoms with Crippen LogP contribution in [0.15, 0.2) is 184 Å². The van der Waals surface area contributed by atoms with Gasteiger partial charge in [-0.15, -0.1) is 0 Å². The number of rotatable bonds is 0. The van der Waals surface area contributed by atoms with E-state index < -0.39 is 0 Å². The van der Waals surface area contributed by atoms with E-state index >= 15 is 0 Å². The molecule has 0 aliphatic carbocycles. The number of thiocarbonyl (C=S) groups is 6. The van der Waals surface area contributed by atoms with Crippen molar-refractivity contribution in [2.24, 2.45) is 0 Å². The summed E-state index contributed by atoms with van der Waals surface area (Å²) in [5.41, 5.74) is 0. The molecule has 57 heavy (non-hydrogen) atoms. The summed E-state index contributed by atoms with van der Waals surface area (Å²) < 4.78 is 0. The largest absolute Gasteiger partial charge is 2.00 e. The molecule has 0 N–H and O–H groups in total. The molecule has 0 aliphatic heterocycles. The molecule has 6 rings (SSSR count). The SMILES string of the molecule is [Cu+2].[Cu+2].[Cu+2].[N-]=C=S.[N-]=C=S.[N-]=C=S.[N-]=C=S.[N-]=C=S.[N-]=C=S.c1ccncc1.c1ccncc1.c1ccncc1.c1ccncc1.c1ccncc1.c1ccncc1. The van der Waals surface area contributed by atoms with Crippen molar-refractivity contribution in [1.29, 1.82) is 0 Å². The molecule has 6 heterocycles. The fourth-order valence-corrected chi connectivity index (χ4v) is 1.88. The molecule has 6 aromatic rings. The number of nitrogens with zero attached hydrogens (tertiary/aromatic N) is 12. The third kappa shape index (κ3) is 127. The topological polar surface area (TPSA) is 211 Å². The van der Waals surface area contributed by atoms with Gasteiger partial charge in [0.25, 0.3) is 0 Å². The normalized spacial score (nSPS) is 5.89. The van der Waals surface area contributed by atoms with Crippen molar-refractivity contribution in [3.63, 3.8) is 0 Å². The molecule has 0 unspecified atom stereocenters. The van der Waals surface area contributed by atoms with E-state index in [2.05, 4.69) is 103 Å². The molecule has 0 saturated heterocycles. The van der Waals surface area contributed by atoms with Gasteiger partial charge in [-0.05, 0) is 72.8 Å². The van der Waals surface area contributed by atoms with E-state index in [1.54, 1.807) is 74.4 Å². The first kappa shape index (κ1) is 73.4. The van der Waals surface area contributed by atoms with Gasteiger partial charge in [0.15, 0.2) is 0 Å². The summed E-state index contributed by atoms with van der Waals surface area (Å²) >= 11 is 22.2. The molecule has 303 valence electrons. The molecule has 3 radical (unpaired) electrons. The van der Waals surface area contributed by atoms with Crippen LogP contribution in [0.4, 0.5) is 0 Å². The summed E-state index contributed by atoms with van der Waals surface area (Å²) in [6.07, 6.45) is 21.0. The molecule has 0 bridgehead atoms. The van der Waals surface area contributed by atoms with Gasteiger partial charge >= 0.3 is 51.2 Å². The van der Waals surface area contributed by atoms with Gasteiger partial charge in [-0.3, -0.25) is 29.9 Å². The molecular weight excluding hydrogens is 984 g/mol. The predicted molar refractivity (Wildman–Crippen MR) is 241 cm³/mol. The molecule has 0 spiro atoms. The van der Waals surface area contributed by atoms with Crippen LogP contribution in [0.5, 0.6) is 0 Å². The molecule has 0 aromatic carbocycles. The van der Waals surface area contributed by atoms with Gasteiger partial charge in [-0.25, -0.2) is 0 Å². The zero-order chi connectivity index (χ0) is 41.7. The summed E-state index contributed by atoms with van der Waals surface area (Å²) in [7, 11) is 0. The second-order valence-electron chi connectivity index (χ2n) is 6.70. The van der Waals surface area contributed by atoms with E-state index in [4.69, 9.17) is 32.5 Å². The maximum atomic E-state index is 7.13. The van der Waals surface area contributed by atoms with Crippen LogP contribution in [0.1, 0.15) is 0 Å². The van der Waals surface area contributed by atoms with Crippen LogP contribution in [0.25, 0.3) is 32.5 Å². The Hall–Kier alpha value is -4.74. The zero-order valence-electron chi connectivity index (χ0n) is 29.0. The second kappa shape index (κ2) is 93.3. The van der Waals surface area contributed by atoms with Crippen molar-refractivity contribution in [3.05, 3.63) is 216 Å². The minimum absolute atomic E-state index is 0. The fourth-order valence-electron chi connectivity index (χ4n) is 1.88. The minimum atomic E-state index is 0. The number of pyridine rings is 6. The maximum absolute atomic E-state index is 7.13. The Bertz CT molecular complexity index is 1200. The minimum Gasteiger partial charge on any atom is -0.753 e. The van der Waals surface area contributed by atoms with Crippen LogP contribution in [-0.2, 0) is 51.2 Å². The van der Waals surface area contributed by atoms with E-state index in [9.17, 15) is 0 Å². The first-order valence-corrected chi connectivity index (χ1v) is 16.1. The van der Waals surface area contributed by atoms with Crippen molar-refractivity contribution in [2.75, 3.05) is 0 Å². The Balaban J connectivity index is -0.0000000636. The summed E-state index contributed by atoms with van der Waals surface area (Å²) in [6.45, 7) is 0. The Morgan fingerprint density at radius 3 is 0.298 bits per heavy atom. The van der Waals surface area contributed by atoms with Crippen LogP contribution in [0.2, 0.25) is 0 Å². The summed E-state index contributed by atoms with van der Waals surface area (Å²) in [5.74, 6) is 0. The third-order valence-electron chi connectivity index (χ3n) is 3.40. The van der Waals surface area contributed by atoms with Crippen molar-refractivity contribution < 1.29 is 51.2 Å². The standard InChI is InChI=1S/6C5H5N.6CNS.3Cu/c6*1-2-4-6-5-3-1;6*2-1-3;;;/h6*1-5H;;;;;;;;;/q;;;;;;6*-1;3*+2. The zero-order valence-corrected chi connectivity index (χ0v) is 36.8. The van der Waals surface area contributed by atoms with E-state index in [1.807, 2.05) is 109 Å². The van der Waals surface area contributed by atoms with E-state index in [1.165, 1.54) is 31.0 Å². The summed E-state index contributed by atoms with van der Waals surface area (Å²) in [6, 6.07) is 34.3. The smallest absolute Gasteiger partial charge is 0.753 e. The molecular formula is C36H30Cu3N12S6. The van der Waals surface area contributed by atoms with Crippen molar-refractivity contribution in [3.8, 4) is 0 Å². The van der Waals surface area contributed by atoms with Gasteiger partial charge in [0.2, 0.25) is 0 Å². The van der Waals surface area contributed by atoms with Crippen molar-refractivity contribution in [2.45, 2.75) is 0 Å². The Labute approximate surface area is 397 Å². The van der Waals surface area contributed by atoms with Crippen molar-refractivity contribution >= 4 is 104 Å². The van der Waals surface area contributed by atoms with Gasteiger partial charge in [0, 0.05) is 74.4 Å². The molecule has 0 fully saturated rings. The number of isothiocyanates is 6. The molecule has 0 saturated carbocycles. The van der Waals surface area contributed by atoms with Crippen molar-refractivity contribution in [1.82, 2.24) is 29.9 Å². The van der Waals surface area contributed by atoms with Crippen LogP contribution >= 0.6 is 73.3 Å². The quantitative estimate of drug-likeness (QED) is 0.0790. The molecule has 6 aromatic heterocycles. The number of hydrogen-bond donors (Lipinski definition) is 0. The average molecular weight is 1010 g/mol. The Morgan fingerprint density at radius 2 is 0.281 bits per heavy atom. The van der Waals surface area contributed by atoms with Gasteiger partial charge < -0.3 is 32.5 Å². The Morgan fingerprint density at radius 1 is 0.211 bits per heavy atom. The van der Waals surface area contributed by atoms with Gasteiger partial charge in [0.05, 0.1) is 0 Å². The number of hydrogen-bond acceptors (Lipinski definition) is 12. The van der Waals surface area contributed by atoms with Gasteiger partial charge in [-0.2, -0.15) is 31.0 Å². The molecule has 0 amide bonds. The Kier molecular flexibility index (Phi) is 120. The summed E-state index contributed by atoms with van der Waals surface area (Å²) in [5, 5.41) is 50.8. The van der Waals surface area contributed by atoms with Gasteiger partial charge in [-0.1, -0.05) is 110 Å². The van der Waals surface area contributed by atoms with E-state index in [0.29, 0.717) is 0 Å². The molecule has 21 heteroatoms. The van der Waals surface area contributed by atoms with E-state index in [-0.39, 0.29) is 51.2 Å². The van der Waals surface area contributed by atoms with E-state index in [0.717, 1.165) is 0 Å². The average Bonchev–Trinajstić information content (AvgIpc) is 3.25. The third-order valence-corrected chi connectivity index (χ3v) is 3.40. The molecule has 0 aliphatic rings. The van der Waals surface area contributed by atoms with Gasteiger partial charge in [0.1, 0.15) is 0 Å². The first-order chi connectivity index (χ1) is 26.5. The van der Waals surface area contributed by atoms with Crippen LogP contribution in [0, 0.1) is 0 Å². The maximum Gasteiger partial charge on any atom is 2.00 e. The predicted octanol–water partition coefficient (Wildman–Crippen LogP) is 10.4. The first-order valence-electron chi connectivity index (χ1n) is 13.7. The van der Waals surface area contributed by atoms with Crippen LogP contribution in [0.3, 0.4) is 0 Å². The second-order valence-corrected chi connectivity index (χ2v) is 7.79. The van der Waals surface area contributed by atoms with Crippen LogP contribution < -0.4 is 0 Å². The monoisotopic (exact) mass is 1010 g/mol. The van der Waals surface area contributed by atoms with Crippen LogP contribution in [-0.4, -0.2) is 60.9 Å². The fraction of sp³-hybridized carbons (Fsp3) is 0. The molecule has 12 nitrogen and oxygen atoms in total.